The zero-order valence-electron chi connectivity index (χ0n) is 13.8. The van der Waals surface area contributed by atoms with Crippen LogP contribution in [0, 0.1) is 6.92 Å². The van der Waals surface area contributed by atoms with Crippen molar-refractivity contribution < 1.29 is 24.0 Å². The number of aliphatic carboxylic acids is 1. The SMILES string of the molecule is Cc1noc(CN2CCC(NC(=O)OC(C)(C)C)(C(=O)O)C2)n1. The summed E-state index contributed by atoms with van der Waals surface area (Å²) in [7, 11) is 0. The molecular formula is C14H22N4O5. The zero-order chi connectivity index (χ0) is 17.3. The molecule has 2 N–H and O–H groups in total. The summed E-state index contributed by atoms with van der Waals surface area (Å²) in [6.07, 6.45) is -0.468. The van der Waals surface area contributed by atoms with Crippen LogP contribution in [0.25, 0.3) is 0 Å². The molecule has 9 nitrogen and oxygen atoms in total. The van der Waals surface area contributed by atoms with E-state index < -0.39 is 23.2 Å². The number of ether oxygens (including phenoxy) is 1. The van der Waals surface area contributed by atoms with E-state index in [0.717, 1.165) is 0 Å². The van der Waals surface area contributed by atoms with Gasteiger partial charge in [0.05, 0.1) is 6.54 Å². The molecule has 1 saturated heterocycles. The summed E-state index contributed by atoms with van der Waals surface area (Å²) < 4.78 is 10.2. The standard InChI is InChI=1S/C14H22N4O5/c1-9-15-10(23-17-9)7-18-6-5-14(8-18,11(19)20)16-12(21)22-13(2,3)4/h5-8H2,1-4H3,(H,16,21)(H,19,20). The lowest BCUT2D eigenvalue weighted by Gasteiger charge is -2.28. The Labute approximate surface area is 134 Å². The van der Waals surface area contributed by atoms with Gasteiger partial charge in [0.25, 0.3) is 0 Å². The van der Waals surface area contributed by atoms with Crippen LogP contribution >= 0.6 is 0 Å². The van der Waals surface area contributed by atoms with Crippen LogP contribution in [-0.4, -0.2) is 56.4 Å². The molecule has 0 radical (unpaired) electrons. The Hall–Kier alpha value is -2.16. The van der Waals surface area contributed by atoms with Crippen molar-refractivity contribution >= 4 is 12.1 Å². The van der Waals surface area contributed by atoms with Crippen molar-refractivity contribution in [1.82, 2.24) is 20.4 Å². The molecule has 9 heteroatoms. The van der Waals surface area contributed by atoms with Crippen LogP contribution in [-0.2, 0) is 16.1 Å². The van der Waals surface area contributed by atoms with E-state index in [1.54, 1.807) is 27.7 Å². The lowest BCUT2D eigenvalue weighted by Crippen LogP contribution is -2.57. The first kappa shape index (κ1) is 17.2. The third kappa shape index (κ3) is 4.41. The summed E-state index contributed by atoms with van der Waals surface area (Å²) >= 11 is 0. The lowest BCUT2D eigenvalue weighted by atomic mass is 9.99. The van der Waals surface area contributed by atoms with E-state index in [2.05, 4.69) is 15.5 Å². The fourth-order valence-electron chi connectivity index (χ4n) is 2.45. The molecule has 1 aliphatic heterocycles. The van der Waals surface area contributed by atoms with Gasteiger partial charge in [0.2, 0.25) is 5.89 Å². The van der Waals surface area contributed by atoms with Crippen molar-refractivity contribution in [3.8, 4) is 0 Å². The fraction of sp³-hybridized carbons (Fsp3) is 0.714. The van der Waals surface area contributed by atoms with Gasteiger partial charge >= 0.3 is 12.1 Å². The van der Waals surface area contributed by atoms with Crippen molar-refractivity contribution in [1.29, 1.82) is 0 Å². The molecule has 0 saturated carbocycles. The normalized spacial score (nSPS) is 22.1. The molecule has 2 heterocycles. The van der Waals surface area contributed by atoms with Gasteiger partial charge in [-0.15, -0.1) is 0 Å². The van der Waals surface area contributed by atoms with E-state index in [4.69, 9.17) is 9.26 Å². The molecule has 128 valence electrons. The first-order chi connectivity index (χ1) is 10.6. The molecular weight excluding hydrogens is 304 g/mol. The predicted molar refractivity (Wildman–Crippen MR) is 78.7 cm³/mol. The van der Waals surface area contributed by atoms with Gasteiger partial charge in [0, 0.05) is 13.1 Å². The van der Waals surface area contributed by atoms with Crippen molar-refractivity contribution in [3.05, 3.63) is 11.7 Å². The molecule has 1 amide bonds. The topological polar surface area (TPSA) is 118 Å². The van der Waals surface area contributed by atoms with E-state index >= 15 is 0 Å². The molecule has 0 bridgehead atoms. The Morgan fingerprint density at radius 3 is 2.70 bits per heavy atom. The van der Waals surface area contributed by atoms with Gasteiger partial charge in [-0.2, -0.15) is 4.98 Å². The number of carbonyl (C=O) groups excluding carboxylic acids is 1. The molecule has 1 fully saturated rings. The van der Waals surface area contributed by atoms with Crippen molar-refractivity contribution in [2.24, 2.45) is 0 Å². The lowest BCUT2D eigenvalue weighted by molar-refractivity contribution is -0.144. The van der Waals surface area contributed by atoms with E-state index in [-0.39, 0.29) is 13.0 Å². The Bertz CT molecular complexity index is 594. The molecule has 0 aromatic carbocycles. The van der Waals surface area contributed by atoms with Gasteiger partial charge in [0.1, 0.15) is 5.60 Å². The molecule has 0 spiro atoms. The van der Waals surface area contributed by atoms with E-state index in [0.29, 0.717) is 24.8 Å². The number of carbonyl (C=O) groups is 2. The highest BCUT2D eigenvalue weighted by molar-refractivity contribution is 5.85. The van der Waals surface area contributed by atoms with Crippen LogP contribution in [0.4, 0.5) is 4.79 Å². The Kier molecular flexibility index (Phi) is 4.60. The van der Waals surface area contributed by atoms with Crippen LogP contribution in [0.3, 0.4) is 0 Å². The number of amides is 1. The van der Waals surface area contributed by atoms with Gasteiger partial charge in [0.15, 0.2) is 11.4 Å². The molecule has 1 aromatic heterocycles. The number of alkyl carbamates (subject to hydrolysis) is 1. The number of rotatable bonds is 4. The third-order valence-corrected chi connectivity index (χ3v) is 3.43. The highest BCUT2D eigenvalue weighted by atomic mass is 16.6. The second kappa shape index (κ2) is 6.15. The largest absolute Gasteiger partial charge is 0.479 e. The van der Waals surface area contributed by atoms with Crippen LogP contribution in [0.5, 0.6) is 0 Å². The second-order valence-electron chi connectivity index (χ2n) is 6.71. The summed E-state index contributed by atoms with van der Waals surface area (Å²) in [5, 5.41) is 15.8. The average Bonchev–Trinajstić information content (AvgIpc) is 2.95. The van der Waals surface area contributed by atoms with E-state index in [1.807, 2.05) is 4.90 Å². The minimum atomic E-state index is -1.38. The molecule has 1 atom stereocenters. The predicted octanol–water partition coefficient (Wildman–Crippen LogP) is 0.932. The van der Waals surface area contributed by atoms with Crippen LogP contribution in [0.2, 0.25) is 0 Å². The molecule has 1 aliphatic rings. The Morgan fingerprint density at radius 2 is 2.17 bits per heavy atom. The van der Waals surface area contributed by atoms with Crippen LogP contribution in [0.1, 0.15) is 38.9 Å². The van der Waals surface area contributed by atoms with Crippen LogP contribution in [0.15, 0.2) is 4.52 Å². The minimum Gasteiger partial charge on any atom is -0.479 e. The third-order valence-electron chi connectivity index (χ3n) is 3.43. The fourth-order valence-corrected chi connectivity index (χ4v) is 2.45. The summed E-state index contributed by atoms with van der Waals surface area (Å²) in [6.45, 7) is 7.84. The van der Waals surface area contributed by atoms with Gasteiger partial charge in [-0.1, -0.05) is 5.16 Å². The summed E-state index contributed by atoms with van der Waals surface area (Å²) in [5.41, 5.74) is -2.07. The monoisotopic (exact) mass is 326 g/mol. The molecule has 0 aliphatic carbocycles. The Balaban J connectivity index is 2.02. The summed E-state index contributed by atoms with van der Waals surface area (Å²) in [5.74, 6) is -0.149. The van der Waals surface area contributed by atoms with Gasteiger partial charge in [-0.05, 0) is 34.1 Å². The van der Waals surface area contributed by atoms with Crippen molar-refractivity contribution in [2.45, 2.75) is 51.8 Å². The number of nitrogens with one attached hydrogen (secondary N) is 1. The number of nitrogens with zero attached hydrogens (tertiary/aromatic N) is 3. The number of hydrogen-bond donors (Lipinski definition) is 2. The number of likely N-dealkylation sites (tertiary alicyclic amines) is 1. The quantitative estimate of drug-likeness (QED) is 0.839. The number of aromatic nitrogens is 2. The van der Waals surface area contributed by atoms with E-state index in [9.17, 15) is 14.7 Å². The highest BCUT2D eigenvalue weighted by Gasteiger charge is 2.47. The minimum absolute atomic E-state index is 0.142. The maximum atomic E-state index is 11.9. The van der Waals surface area contributed by atoms with Crippen molar-refractivity contribution in [2.75, 3.05) is 13.1 Å². The van der Waals surface area contributed by atoms with E-state index in [1.165, 1.54) is 0 Å². The number of carboxylic acids is 1. The first-order valence-electron chi connectivity index (χ1n) is 7.36. The first-order valence-corrected chi connectivity index (χ1v) is 7.36. The van der Waals surface area contributed by atoms with Gasteiger partial charge < -0.3 is 19.7 Å². The van der Waals surface area contributed by atoms with Crippen LogP contribution < -0.4 is 5.32 Å². The number of hydrogen-bond acceptors (Lipinski definition) is 7. The van der Waals surface area contributed by atoms with Gasteiger partial charge in [-0.3, -0.25) is 4.90 Å². The Morgan fingerprint density at radius 1 is 1.48 bits per heavy atom. The van der Waals surface area contributed by atoms with Gasteiger partial charge in [-0.25, -0.2) is 9.59 Å². The molecule has 2 rings (SSSR count). The number of carboxylic acid groups (broad SMARTS) is 1. The molecule has 1 unspecified atom stereocenters. The highest BCUT2D eigenvalue weighted by Crippen LogP contribution is 2.24. The van der Waals surface area contributed by atoms with Crippen molar-refractivity contribution in [3.63, 3.8) is 0 Å². The average molecular weight is 326 g/mol. The zero-order valence-corrected chi connectivity index (χ0v) is 13.8. The number of aryl methyl sites for hydroxylation is 1. The second-order valence-corrected chi connectivity index (χ2v) is 6.71. The summed E-state index contributed by atoms with van der Waals surface area (Å²) in [4.78, 5) is 29.6. The summed E-state index contributed by atoms with van der Waals surface area (Å²) in [6, 6.07) is 0. The maximum Gasteiger partial charge on any atom is 0.408 e. The molecule has 23 heavy (non-hydrogen) atoms. The smallest absolute Gasteiger partial charge is 0.408 e. The molecule has 1 aromatic rings. The maximum absolute atomic E-state index is 11.9.